The second kappa shape index (κ2) is 11.3. The quantitative estimate of drug-likeness (QED) is 0.255. The number of para-hydroxylation sites is 1. The first-order valence-electron chi connectivity index (χ1n) is 7.47. The maximum Gasteiger partial charge on any atom is 0.422 e. The fraction of sp³-hybridized carbons (Fsp3) is 0.533. The third-order valence-electron chi connectivity index (χ3n) is 2.82. The summed E-state index contributed by atoms with van der Waals surface area (Å²) in [6, 6.07) is 6.04. The Bertz CT molecular complexity index is 563. The van der Waals surface area contributed by atoms with Gasteiger partial charge in [-0.25, -0.2) is 4.99 Å². The zero-order valence-corrected chi connectivity index (χ0v) is 16.2. The van der Waals surface area contributed by atoms with Crippen molar-refractivity contribution in [3.63, 3.8) is 0 Å². The van der Waals surface area contributed by atoms with Crippen LogP contribution in [0.25, 0.3) is 0 Å². The van der Waals surface area contributed by atoms with Gasteiger partial charge in [-0.2, -0.15) is 26.3 Å². The molecule has 2 N–H and O–H groups in total. The lowest BCUT2D eigenvalue weighted by molar-refractivity contribution is -0.153. The Balaban J connectivity index is 0.00000625. The molecule has 0 saturated carbocycles. The first-order valence-corrected chi connectivity index (χ1v) is 7.47. The molecule has 0 atom stereocenters. The van der Waals surface area contributed by atoms with Crippen LogP contribution >= 0.6 is 24.0 Å². The van der Waals surface area contributed by atoms with Gasteiger partial charge in [-0.15, -0.1) is 24.0 Å². The van der Waals surface area contributed by atoms with Crippen LogP contribution < -0.4 is 15.4 Å². The number of alkyl halides is 6. The van der Waals surface area contributed by atoms with Gasteiger partial charge in [-0.3, -0.25) is 0 Å². The molecule has 1 rings (SSSR count). The number of rotatable bonds is 7. The number of nitrogens with one attached hydrogen (secondary N) is 2. The van der Waals surface area contributed by atoms with Crippen LogP contribution in [0.3, 0.4) is 0 Å². The van der Waals surface area contributed by atoms with E-state index in [4.69, 9.17) is 4.74 Å². The molecule has 0 bridgehead atoms. The van der Waals surface area contributed by atoms with Crippen molar-refractivity contribution < 1.29 is 31.1 Å². The summed E-state index contributed by atoms with van der Waals surface area (Å²) in [4.78, 5) is 4.07. The Kier molecular flexibility index (Phi) is 10.7. The summed E-state index contributed by atoms with van der Waals surface area (Å²) >= 11 is 0. The zero-order valence-electron chi connectivity index (χ0n) is 13.9. The number of nitrogens with zero attached hydrogens (tertiary/aromatic N) is 1. The van der Waals surface area contributed by atoms with Gasteiger partial charge in [-0.05, 0) is 13.0 Å². The number of halogens is 7. The van der Waals surface area contributed by atoms with Crippen LogP contribution in [0.2, 0.25) is 0 Å². The molecule has 0 spiro atoms. The molecule has 150 valence electrons. The molecule has 0 amide bonds. The SMILES string of the molecule is CCNC(=NCc1ccccc1OCC(F)(F)F)NCCC(F)(F)F.I. The molecule has 1 aromatic carbocycles. The van der Waals surface area contributed by atoms with Crippen LogP contribution in [-0.4, -0.2) is 38.0 Å². The Morgan fingerprint density at radius 3 is 2.27 bits per heavy atom. The van der Waals surface area contributed by atoms with Crippen molar-refractivity contribution >= 4 is 29.9 Å². The summed E-state index contributed by atoms with van der Waals surface area (Å²) in [5, 5.41) is 5.29. The standard InChI is InChI=1S/C15H19F6N3O.HI/c1-2-22-13(23-8-7-14(16,17)18)24-9-11-5-3-4-6-12(11)25-10-15(19,20)21;/h3-6H,2,7-10H2,1H3,(H2,22,23,24);1H. The van der Waals surface area contributed by atoms with Crippen molar-refractivity contribution in [1.29, 1.82) is 0 Å². The van der Waals surface area contributed by atoms with Gasteiger partial charge in [0.2, 0.25) is 0 Å². The third-order valence-corrected chi connectivity index (χ3v) is 2.82. The van der Waals surface area contributed by atoms with Crippen LogP contribution in [-0.2, 0) is 6.54 Å². The third kappa shape index (κ3) is 11.3. The first-order chi connectivity index (χ1) is 11.6. The topological polar surface area (TPSA) is 45.7 Å². The first kappa shape index (κ1) is 24.6. The molecule has 26 heavy (non-hydrogen) atoms. The van der Waals surface area contributed by atoms with E-state index < -0.39 is 25.4 Å². The van der Waals surface area contributed by atoms with Crippen molar-refractivity contribution in [2.24, 2.45) is 4.99 Å². The number of aliphatic imine (C=N–C) groups is 1. The minimum absolute atomic E-state index is 0. The number of guanidine groups is 1. The normalized spacial score (nSPS) is 12.3. The smallest absolute Gasteiger partial charge is 0.422 e. The van der Waals surface area contributed by atoms with Gasteiger partial charge >= 0.3 is 12.4 Å². The fourth-order valence-corrected chi connectivity index (χ4v) is 1.76. The molecule has 0 saturated heterocycles. The zero-order chi connectivity index (χ0) is 18.9. The molecular formula is C15H20F6IN3O. The lowest BCUT2D eigenvalue weighted by Gasteiger charge is -2.14. The van der Waals surface area contributed by atoms with Crippen molar-refractivity contribution in [3.8, 4) is 5.75 Å². The Morgan fingerprint density at radius 2 is 1.69 bits per heavy atom. The predicted molar refractivity (Wildman–Crippen MR) is 96.9 cm³/mol. The fourth-order valence-electron chi connectivity index (χ4n) is 1.76. The molecule has 4 nitrogen and oxygen atoms in total. The highest BCUT2D eigenvalue weighted by Gasteiger charge is 2.29. The van der Waals surface area contributed by atoms with Gasteiger partial charge in [0.1, 0.15) is 5.75 Å². The number of benzene rings is 1. The van der Waals surface area contributed by atoms with E-state index in [1.54, 1.807) is 13.0 Å². The average molecular weight is 499 g/mol. The van der Waals surface area contributed by atoms with E-state index in [2.05, 4.69) is 15.6 Å². The highest BCUT2D eigenvalue weighted by atomic mass is 127. The Hall–Kier alpha value is -1.40. The summed E-state index contributed by atoms with van der Waals surface area (Å²) in [5.74, 6) is 0.159. The Labute approximate surface area is 164 Å². The molecule has 0 heterocycles. The van der Waals surface area contributed by atoms with Gasteiger partial charge in [0.15, 0.2) is 12.6 Å². The summed E-state index contributed by atoms with van der Waals surface area (Å²) in [7, 11) is 0. The molecule has 0 unspecified atom stereocenters. The number of hydrogen-bond acceptors (Lipinski definition) is 2. The van der Waals surface area contributed by atoms with Crippen LogP contribution in [0.4, 0.5) is 26.3 Å². The van der Waals surface area contributed by atoms with E-state index in [-0.39, 0.29) is 48.8 Å². The second-order valence-electron chi connectivity index (χ2n) is 5.00. The summed E-state index contributed by atoms with van der Waals surface area (Å²) in [5.41, 5.74) is 0.389. The van der Waals surface area contributed by atoms with Crippen molar-refractivity contribution in [3.05, 3.63) is 29.8 Å². The summed E-state index contributed by atoms with van der Waals surface area (Å²) < 4.78 is 78.0. The van der Waals surface area contributed by atoms with Crippen LogP contribution in [0.15, 0.2) is 29.3 Å². The van der Waals surface area contributed by atoms with E-state index in [9.17, 15) is 26.3 Å². The van der Waals surface area contributed by atoms with E-state index in [1.165, 1.54) is 18.2 Å². The molecule has 11 heteroatoms. The van der Waals surface area contributed by atoms with Crippen LogP contribution in [0.5, 0.6) is 5.75 Å². The minimum Gasteiger partial charge on any atom is -0.484 e. The molecule has 0 radical (unpaired) electrons. The van der Waals surface area contributed by atoms with Crippen molar-refractivity contribution in [2.75, 3.05) is 19.7 Å². The lowest BCUT2D eigenvalue weighted by Crippen LogP contribution is -2.38. The van der Waals surface area contributed by atoms with E-state index in [0.29, 0.717) is 12.1 Å². The minimum atomic E-state index is -4.47. The molecular weight excluding hydrogens is 479 g/mol. The van der Waals surface area contributed by atoms with E-state index >= 15 is 0 Å². The maximum atomic E-state index is 12.3. The maximum absolute atomic E-state index is 12.3. The molecule has 0 fully saturated rings. The molecule has 0 aliphatic carbocycles. The van der Waals surface area contributed by atoms with Crippen LogP contribution in [0.1, 0.15) is 18.9 Å². The molecule has 1 aromatic rings. The second-order valence-corrected chi connectivity index (χ2v) is 5.00. The molecule has 0 aliphatic heterocycles. The predicted octanol–water partition coefficient (Wildman–Crippen LogP) is 4.25. The van der Waals surface area contributed by atoms with E-state index in [0.717, 1.165) is 0 Å². The van der Waals surface area contributed by atoms with Crippen LogP contribution in [0, 0.1) is 0 Å². The molecule has 0 aromatic heterocycles. The van der Waals surface area contributed by atoms with E-state index in [1.807, 2.05) is 0 Å². The van der Waals surface area contributed by atoms with Gasteiger partial charge in [0, 0.05) is 18.7 Å². The monoisotopic (exact) mass is 499 g/mol. The highest BCUT2D eigenvalue weighted by molar-refractivity contribution is 14.0. The number of ether oxygens (including phenoxy) is 1. The largest absolute Gasteiger partial charge is 0.484 e. The number of hydrogen-bond donors (Lipinski definition) is 2. The summed E-state index contributed by atoms with van der Waals surface area (Å²) in [6.45, 7) is 0.319. The highest BCUT2D eigenvalue weighted by Crippen LogP contribution is 2.22. The van der Waals surface area contributed by atoms with Crippen molar-refractivity contribution in [1.82, 2.24) is 10.6 Å². The lowest BCUT2D eigenvalue weighted by atomic mass is 10.2. The van der Waals surface area contributed by atoms with Crippen molar-refractivity contribution in [2.45, 2.75) is 32.2 Å². The van der Waals surface area contributed by atoms with Gasteiger partial charge in [0.25, 0.3) is 0 Å². The Morgan fingerprint density at radius 1 is 1.04 bits per heavy atom. The van der Waals surface area contributed by atoms with Gasteiger partial charge < -0.3 is 15.4 Å². The average Bonchev–Trinajstić information content (AvgIpc) is 2.49. The molecule has 0 aliphatic rings. The summed E-state index contributed by atoms with van der Waals surface area (Å²) in [6.07, 6.45) is -9.78. The van der Waals surface area contributed by atoms with Gasteiger partial charge in [0.05, 0.1) is 13.0 Å². The van der Waals surface area contributed by atoms with Gasteiger partial charge in [-0.1, -0.05) is 18.2 Å².